The van der Waals surface area contributed by atoms with Crippen molar-refractivity contribution in [2.45, 2.75) is 0 Å². The van der Waals surface area contributed by atoms with Crippen molar-refractivity contribution in [1.82, 2.24) is 0 Å². The molecule has 0 radical (unpaired) electrons. The van der Waals surface area contributed by atoms with Crippen molar-refractivity contribution < 1.29 is 13.2 Å². The van der Waals surface area contributed by atoms with Gasteiger partial charge >= 0.3 is 33.2 Å². The normalized spacial score (nSPS) is 9.83. The fourth-order valence-corrected chi connectivity index (χ4v) is 0. The van der Waals surface area contributed by atoms with Crippen LogP contribution < -0.4 is 0 Å². The molecular formula is H4BrO4Sb. The van der Waals surface area contributed by atoms with E-state index in [0.29, 0.717) is 0 Å². The van der Waals surface area contributed by atoms with E-state index in [4.69, 9.17) is 13.2 Å². The van der Waals surface area contributed by atoms with Gasteiger partial charge in [0, 0.05) is 0 Å². The fraction of sp³-hybridized carbons (Fsp3) is 0. The van der Waals surface area contributed by atoms with E-state index >= 15 is 0 Å². The Morgan fingerprint density at radius 1 is 1.17 bits per heavy atom. The van der Waals surface area contributed by atoms with Crippen molar-refractivity contribution in [3.05, 3.63) is 0 Å². The molecule has 3 N–H and O–H groups in total. The summed E-state index contributed by atoms with van der Waals surface area (Å²) >= 11 is -5.35. The molecule has 0 rings (SSSR count). The second kappa shape index (κ2) is 3.04. The zero-order valence-electron chi connectivity index (χ0n) is 2.61. The van der Waals surface area contributed by atoms with Crippen LogP contribution >= 0.6 is 17.0 Å². The first-order chi connectivity index (χ1) is 2.00. The Bertz CT molecular complexity index is 53.7. The van der Waals surface area contributed by atoms with Crippen LogP contribution in [0, 0.1) is 0 Å². The van der Waals surface area contributed by atoms with Crippen LogP contribution in [0.3, 0.4) is 0 Å². The molecule has 0 aliphatic carbocycles. The topological polar surface area (TPSA) is 77.8 Å². The van der Waals surface area contributed by atoms with Crippen LogP contribution in [-0.2, 0) is 3.02 Å². The van der Waals surface area contributed by atoms with Gasteiger partial charge in [0.25, 0.3) is 0 Å². The van der Waals surface area contributed by atoms with E-state index < -0.39 is 20.1 Å². The maximum atomic E-state index is 8.97. The van der Waals surface area contributed by atoms with Crippen LogP contribution in [0.2, 0.25) is 0 Å². The molecule has 0 aliphatic heterocycles. The molecule has 4 nitrogen and oxygen atoms in total. The maximum absolute atomic E-state index is 8.97. The minimum absolute atomic E-state index is 0. The molecule has 0 saturated heterocycles. The van der Waals surface area contributed by atoms with Gasteiger partial charge in [-0.3, -0.25) is 0 Å². The van der Waals surface area contributed by atoms with Crippen molar-refractivity contribution in [1.29, 1.82) is 0 Å². The van der Waals surface area contributed by atoms with E-state index in [9.17, 15) is 0 Å². The Labute approximate surface area is 50.3 Å². The third-order valence-electron chi connectivity index (χ3n) is 0. The van der Waals surface area contributed by atoms with Crippen molar-refractivity contribution in [3.8, 4) is 0 Å². The quantitative estimate of drug-likeness (QED) is 0.463. The van der Waals surface area contributed by atoms with Crippen molar-refractivity contribution in [3.63, 3.8) is 0 Å². The summed E-state index contributed by atoms with van der Waals surface area (Å²) in [4.78, 5) is 0. The van der Waals surface area contributed by atoms with Crippen LogP contribution in [0.5, 0.6) is 0 Å². The van der Waals surface area contributed by atoms with Crippen LogP contribution in [0.25, 0.3) is 0 Å². The fourth-order valence-electron chi connectivity index (χ4n) is 0. The van der Waals surface area contributed by atoms with E-state index in [1.165, 1.54) is 0 Å². The van der Waals surface area contributed by atoms with E-state index in [-0.39, 0.29) is 17.0 Å². The summed E-state index contributed by atoms with van der Waals surface area (Å²) in [5.41, 5.74) is 0. The first-order valence-electron chi connectivity index (χ1n) is 0.783. The van der Waals surface area contributed by atoms with Gasteiger partial charge in [0.05, 0.1) is 0 Å². The number of hydrogen-bond acceptors (Lipinski definition) is 1. The van der Waals surface area contributed by atoms with Crippen LogP contribution in [0.4, 0.5) is 0 Å². The van der Waals surface area contributed by atoms with Gasteiger partial charge in [-0.15, -0.1) is 17.0 Å². The first-order valence-corrected chi connectivity index (χ1v) is 5.25. The molecule has 0 spiro atoms. The predicted molar refractivity (Wildman–Crippen MR) is 23.4 cm³/mol. The summed E-state index contributed by atoms with van der Waals surface area (Å²) in [5, 5.41) is 0. The number of halogens is 1. The Kier molecular flexibility index (Phi) is 5.10. The van der Waals surface area contributed by atoms with E-state index in [1.807, 2.05) is 0 Å². The van der Waals surface area contributed by atoms with Gasteiger partial charge in [-0.1, -0.05) is 0 Å². The molecule has 0 unspecified atom stereocenters. The molecule has 0 aromatic heterocycles. The molecule has 0 aliphatic rings. The average molecular weight is 270 g/mol. The summed E-state index contributed by atoms with van der Waals surface area (Å²) in [6, 6.07) is 0. The van der Waals surface area contributed by atoms with Gasteiger partial charge in [-0.2, -0.15) is 0 Å². The molecule has 0 fully saturated rings. The predicted octanol–water partition coefficient (Wildman–Crippen LogP) is -1.59. The number of hydrogen-bond donors (Lipinski definition) is 3. The molecule has 0 aromatic rings. The van der Waals surface area contributed by atoms with Crippen LogP contribution in [-0.4, -0.2) is 30.2 Å². The Balaban J connectivity index is 0. The molecule has 0 bridgehead atoms. The van der Waals surface area contributed by atoms with Crippen molar-refractivity contribution in [2.24, 2.45) is 0 Å². The minimum atomic E-state index is -5.35. The monoisotopic (exact) mass is 268 g/mol. The van der Waals surface area contributed by atoms with Crippen LogP contribution in [0.1, 0.15) is 0 Å². The van der Waals surface area contributed by atoms with Gasteiger partial charge < -0.3 is 0 Å². The molecule has 0 amide bonds. The molecular weight excluding hydrogens is 266 g/mol. The van der Waals surface area contributed by atoms with Crippen LogP contribution in [0.15, 0.2) is 0 Å². The summed E-state index contributed by atoms with van der Waals surface area (Å²) in [7, 11) is 0. The average Bonchev–Trinajstić information content (AvgIpc) is 0.722. The van der Waals surface area contributed by atoms with E-state index in [2.05, 4.69) is 0 Å². The Morgan fingerprint density at radius 2 is 1.17 bits per heavy atom. The molecule has 0 aromatic carbocycles. The van der Waals surface area contributed by atoms with Crippen molar-refractivity contribution >= 4 is 37.0 Å². The standard InChI is InChI=1S/BrH.3H2O.O.Sb/h1H;3*1H2;;/q;;;;;+3/p-3. The van der Waals surface area contributed by atoms with Gasteiger partial charge in [-0.05, 0) is 0 Å². The Hall–Kier alpha value is 0.978. The second-order valence-electron chi connectivity index (χ2n) is 0.513. The second-order valence-corrected chi connectivity index (χ2v) is 3.44. The van der Waals surface area contributed by atoms with Crippen molar-refractivity contribution in [2.75, 3.05) is 0 Å². The molecule has 40 valence electrons. The summed E-state index contributed by atoms with van der Waals surface area (Å²) in [6.45, 7) is 0. The van der Waals surface area contributed by atoms with E-state index in [1.54, 1.807) is 0 Å². The SMILES string of the molecule is Br.[O]=[Sb]([OH])([OH])[OH]. The summed E-state index contributed by atoms with van der Waals surface area (Å²) < 4.78 is 30.8. The molecule has 0 saturated carbocycles. The zero-order chi connectivity index (χ0) is 4.50. The number of rotatable bonds is 0. The molecule has 0 atom stereocenters. The first kappa shape index (κ1) is 10.1. The summed E-state index contributed by atoms with van der Waals surface area (Å²) in [5.74, 6) is 0. The molecule has 0 heterocycles. The van der Waals surface area contributed by atoms with Gasteiger partial charge in [0.15, 0.2) is 0 Å². The molecule has 6 heavy (non-hydrogen) atoms. The summed E-state index contributed by atoms with van der Waals surface area (Å²) in [6.07, 6.45) is 0. The van der Waals surface area contributed by atoms with Gasteiger partial charge in [0.2, 0.25) is 0 Å². The van der Waals surface area contributed by atoms with Gasteiger partial charge in [0.1, 0.15) is 0 Å². The van der Waals surface area contributed by atoms with E-state index in [0.717, 1.165) is 0 Å². The van der Waals surface area contributed by atoms with Gasteiger partial charge in [-0.25, -0.2) is 0 Å². The zero-order valence-corrected chi connectivity index (χ0v) is 6.87. The third kappa shape index (κ3) is 82.3. The third-order valence-corrected chi connectivity index (χ3v) is 0. The Morgan fingerprint density at radius 3 is 1.17 bits per heavy atom. The molecule has 6 heteroatoms.